The first-order chi connectivity index (χ1) is 8.53. The summed E-state index contributed by atoms with van der Waals surface area (Å²) in [5.74, 6) is 1.12. The molecule has 0 aromatic carbocycles. The van der Waals surface area contributed by atoms with Crippen LogP contribution in [0.25, 0.3) is 0 Å². The second-order valence-corrected chi connectivity index (χ2v) is 4.55. The Kier molecular flexibility index (Phi) is 5.13. The lowest BCUT2D eigenvalue weighted by Crippen LogP contribution is -2.30. The van der Waals surface area contributed by atoms with Gasteiger partial charge >= 0.3 is 0 Å². The van der Waals surface area contributed by atoms with Crippen LogP contribution in [0.1, 0.15) is 49.7 Å². The van der Waals surface area contributed by atoms with Gasteiger partial charge in [0.25, 0.3) is 5.91 Å². The highest BCUT2D eigenvalue weighted by Crippen LogP contribution is 2.18. The van der Waals surface area contributed by atoms with E-state index in [2.05, 4.69) is 24.1 Å². The number of hydrogen-bond donors (Lipinski definition) is 1. The van der Waals surface area contributed by atoms with Crippen molar-refractivity contribution in [2.45, 2.75) is 33.6 Å². The Morgan fingerprint density at radius 1 is 1.33 bits per heavy atom. The van der Waals surface area contributed by atoms with Crippen LogP contribution in [0, 0.1) is 0 Å². The second kappa shape index (κ2) is 6.38. The van der Waals surface area contributed by atoms with Crippen LogP contribution in [0.2, 0.25) is 0 Å². The normalized spacial score (nSPS) is 10.6. The number of hydrogen-bond acceptors (Lipinski definition) is 3. The Labute approximate surface area is 109 Å². The molecule has 0 unspecified atom stereocenters. The number of nitrogens with one attached hydrogen (secondary N) is 1. The standard InChI is InChI=1S/C14H23N3O/c1-6-17(7-2)14(18)11-8-12(10(3)4)16-13(9-11)15-5/h8-10H,6-7H2,1-5H3,(H,15,16). The molecule has 0 saturated carbocycles. The Morgan fingerprint density at radius 3 is 2.39 bits per heavy atom. The van der Waals surface area contributed by atoms with Gasteiger partial charge in [0, 0.05) is 31.4 Å². The molecule has 0 radical (unpaired) electrons. The van der Waals surface area contributed by atoms with Gasteiger partial charge in [-0.3, -0.25) is 4.79 Å². The summed E-state index contributed by atoms with van der Waals surface area (Å²) in [6, 6.07) is 3.71. The Morgan fingerprint density at radius 2 is 1.94 bits per heavy atom. The molecule has 4 nitrogen and oxygen atoms in total. The zero-order chi connectivity index (χ0) is 13.7. The number of carbonyl (C=O) groups excluding carboxylic acids is 1. The lowest BCUT2D eigenvalue weighted by atomic mass is 10.1. The lowest BCUT2D eigenvalue weighted by molar-refractivity contribution is 0.0773. The Hall–Kier alpha value is -1.58. The van der Waals surface area contributed by atoms with E-state index in [0.29, 0.717) is 11.5 Å². The first kappa shape index (κ1) is 14.5. The molecule has 1 aromatic rings. The molecule has 1 aromatic heterocycles. The summed E-state index contributed by atoms with van der Waals surface area (Å²) in [6.07, 6.45) is 0. The van der Waals surface area contributed by atoms with Crippen molar-refractivity contribution >= 4 is 11.7 Å². The molecule has 1 heterocycles. The molecule has 0 saturated heterocycles. The minimum atomic E-state index is 0.0702. The van der Waals surface area contributed by atoms with E-state index in [1.54, 1.807) is 0 Å². The fourth-order valence-electron chi connectivity index (χ4n) is 1.79. The van der Waals surface area contributed by atoms with Crippen molar-refractivity contribution in [1.29, 1.82) is 0 Å². The van der Waals surface area contributed by atoms with Crippen LogP contribution in [-0.2, 0) is 0 Å². The summed E-state index contributed by atoms with van der Waals surface area (Å²) in [5, 5.41) is 3.01. The van der Waals surface area contributed by atoms with Crippen molar-refractivity contribution in [2.75, 3.05) is 25.5 Å². The number of anilines is 1. The van der Waals surface area contributed by atoms with E-state index in [0.717, 1.165) is 24.6 Å². The molecule has 1 N–H and O–H groups in total. The quantitative estimate of drug-likeness (QED) is 0.872. The number of nitrogens with zero attached hydrogens (tertiary/aromatic N) is 2. The van der Waals surface area contributed by atoms with Gasteiger partial charge in [-0.2, -0.15) is 0 Å². The average molecular weight is 249 g/mol. The number of aromatic nitrogens is 1. The van der Waals surface area contributed by atoms with Crippen molar-refractivity contribution < 1.29 is 4.79 Å². The van der Waals surface area contributed by atoms with Crippen molar-refractivity contribution in [3.63, 3.8) is 0 Å². The fourth-order valence-corrected chi connectivity index (χ4v) is 1.79. The largest absolute Gasteiger partial charge is 0.373 e. The summed E-state index contributed by atoms with van der Waals surface area (Å²) in [4.78, 5) is 18.6. The van der Waals surface area contributed by atoms with Crippen LogP contribution in [0.4, 0.5) is 5.82 Å². The minimum absolute atomic E-state index is 0.0702. The molecule has 18 heavy (non-hydrogen) atoms. The third kappa shape index (κ3) is 3.22. The van der Waals surface area contributed by atoms with Crippen LogP contribution in [0.15, 0.2) is 12.1 Å². The van der Waals surface area contributed by atoms with Gasteiger partial charge in [-0.25, -0.2) is 4.98 Å². The summed E-state index contributed by atoms with van der Waals surface area (Å²) in [7, 11) is 1.82. The molecule has 0 aliphatic heterocycles. The van der Waals surface area contributed by atoms with E-state index in [4.69, 9.17) is 0 Å². The van der Waals surface area contributed by atoms with Crippen LogP contribution in [0.3, 0.4) is 0 Å². The van der Waals surface area contributed by atoms with Gasteiger partial charge < -0.3 is 10.2 Å². The van der Waals surface area contributed by atoms with Gasteiger partial charge in [0.2, 0.25) is 0 Å². The van der Waals surface area contributed by atoms with Crippen molar-refractivity contribution in [1.82, 2.24) is 9.88 Å². The maximum absolute atomic E-state index is 12.3. The smallest absolute Gasteiger partial charge is 0.254 e. The van der Waals surface area contributed by atoms with Crippen LogP contribution < -0.4 is 5.32 Å². The minimum Gasteiger partial charge on any atom is -0.373 e. The SMILES string of the molecule is CCN(CC)C(=O)c1cc(NC)nc(C(C)C)c1. The van der Waals surface area contributed by atoms with E-state index in [-0.39, 0.29) is 5.91 Å². The molecule has 0 spiro atoms. The molecular formula is C14H23N3O. The fraction of sp³-hybridized carbons (Fsp3) is 0.571. The first-order valence-electron chi connectivity index (χ1n) is 6.52. The molecule has 1 amide bonds. The summed E-state index contributed by atoms with van der Waals surface area (Å²) < 4.78 is 0. The van der Waals surface area contributed by atoms with Gasteiger partial charge in [-0.1, -0.05) is 13.8 Å². The molecule has 0 aliphatic carbocycles. The zero-order valence-corrected chi connectivity index (χ0v) is 11.9. The first-order valence-corrected chi connectivity index (χ1v) is 6.52. The van der Waals surface area contributed by atoms with E-state index >= 15 is 0 Å². The van der Waals surface area contributed by atoms with Crippen LogP contribution in [-0.4, -0.2) is 35.9 Å². The molecule has 0 fully saturated rings. The van der Waals surface area contributed by atoms with Crippen molar-refractivity contribution in [3.8, 4) is 0 Å². The molecule has 0 atom stereocenters. The van der Waals surface area contributed by atoms with Crippen molar-refractivity contribution in [2.24, 2.45) is 0 Å². The van der Waals surface area contributed by atoms with Gasteiger partial charge in [-0.15, -0.1) is 0 Å². The summed E-state index contributed by atoms with van der Waals surface area (Å²) in [6.45, 7) is 9.59. The van der Waals surface area contributed by atoms with Gasteiger partial charge in [0.05, 0.1) is 0 Å². The highest BCUT2D eigenvalue weighted by Gasteiger charge is 2.15. The second-order valence-electron chi connectivity index (χ2n) is 4.55. The zero-order valence-electron chi connectivity index (χ0n) is 11.9. The van der Waals surface area contributed by atoms with Gasteiger partial charge in [-0.05, 0) is 31.9 Å². The molecule has 4 heteroatoms. The predicted molar refractivity (Wildman–Crippen MR) is 75.1 cm³/mol. The number of carbonyl (C=O) groups is 1. The Bertz CT molecular complexity index is 412. The molecule has 0 aliphatic rings. The van der Waals surface area contributed by atoms with Crippen molar-refractivity contribution in [3.05, 3.63) is 23.4 Å². The monoisotopic (exact) mass is 249 g/mol. The maximum Gasteiger partial charge on any atom is 0.254 e. The summed E-state index contributed by atoms with van der Waals surface area (Å²) in [5.41, 5.74) is 1.65. The van der Waals surface area contributed by atoms with Crippen LogP contribution >= 0.6 is 0 Å². The van der Waals surface area contributed by atoms with E-state index in [9.17, 15) is 4.79 Å². The van der Waals surface area contributed by atoms with Gasteiger partial charge in [0.1, 0.15) is 5.82 Å². The average Bonchev–Trinajstić information content (AvgIpc) is 2.39. The molecule has 1 rings (SSSR count). The molecule has 0 bridgehead atoms. The number of pyridine rings is 1. The highest BCUT2D eigenvalue weighted by atomic mass is 16.2. The number of amides is 1. The predicted octanol–water partition coefficient (Wildman–Crippen LogP) is 2.73. The van der Waals surface area contributed by atoms with E-state index < -0.39 is 0 Å². The highest BCUT2D eigenvalue weighted by molar-refractivity contribution is 5.95. The third-order valence-electron chi connectivity index (χ3n) is 2.99. The summed E-state index contributed by atoms with van der Waals surface area (Å²) >= 11 is 0. The Balaban J connectivity index is 3.15. The lowest BCUT2D eigenvalue weighted by Gasteiger charge is -2.19. The van der Waals surface area contributed by atoms with Crippen LogP contribution in [0.5, 0.6) is 0 Å². The maximum atomic E-state index is 12.3. The molecule has 100 valence electrons. The van der Waals surface area contributed by atoms with E-state index in [1.165, 1.54) is 0 Å². The number of rotatable bonds is 5. The topological polar surface area (TPSA) is 45.2 Å². The van der Waals surface area contributed by atoms with Gasteiger partial charge in [0.15, 0.2) is 0 Å². The third-order valence-corrected chi connectivity index (χ3v) is 2.99. The van der Waals surface area contributed by atoms with E-state index in [1.807, 2.05) is 37.9 Å². The molecular weight excluding hydrogens is 226 g/mol.